The van der Waals surface area contributed by atoms with Gasteiger partial charge in [-0.3, -0.25) is 14.6 Å². The number of nitrogens with one attached hydrogen (secondary N) is 3. The molecule has 0 fully saturated rings. The number of carboxylic acid groups (broad SMARTS) is 3. The predicted molar refractivity (Wildman–Crippen MR) is 125 cm³/mol. The molecule has 0 radical (unpaired) electrons. The first-order valence-corrected chi connectivity index (χ1v) is 10.3. The van der Waals surface area contributed by atoms with E-state index < -0.39 is 42.4 Å². The molecular weight excluding hydrogens is 460 g/mol. The first-order chi connectivity index (χ1) is 16.6. The minimum atomic E-state index is -1.49. The van der Waals surface area contributed by atoms with E-state index in [9.17, 15) is 29.1 Å². The van der Waals surface area contributed by atoms with Gasteiger partial charge < -0.3 is 31.3 Å². The van der Waals surface area contributed by atoms with Gasteiger partial charge in [-0.15, -0.1) is 0 Å². The Balaban J connectivity index is 1.97. The van der Waals surface area contributed by atoms with Crippen molar-refractivity contribution in [1.82, 2.24) is 10.6 Å². The van der Waals surface area contributed by atoms with Gasteiger partial charge in [0, 0.05) is 24.1 Å². The van der Waals surface area contributed by atoms with Crippen molar-refractivity contribution < 1.29 is 39.3 Å². The number of carbonyl (C=O) groups excluding carboxylic acids is 2. The maximum absolute atomic E-state index is 12.3. The number of nitrogens with zero attached hydrogens (tertiary/aromatic N) is 1. The molecule has 0 unspecified atom stereocenters. The van der Waals surface area contributed by atoms with Crippen LogP contribution < -0.4 is 16.0 Å². The highest BCUT2D eigenvalue weighted by molar-refractivity contribution is 6.04. The van der Waals surface area contributed by atoms with E-state index in [1.165, 1.54) is 0 Å². The van der Waals surface area contributed by atoms with Crippen LogP contribution in [0.4, 0.5) is 16.2 Å². The van der Waals surface area contributed by atoms with E-state index in [-0.39, 0.29) is 18.7 Å². The summed E-state index contributed by atoms with van der Waals surface area (Å²) in [7, 11) is 0. The zero-order valence-electron chi connectivity index (χ0n) is 18.4. The maximum atomic E-state index is 12.3. The second kappa shape index (κ2) is 12.5. The summed E-state index contributed by atoms with van der Waals surface area (Å²) < 4.78 is 0. The van der Waals surface area contributed by atoms with Gasteiger partial charge in [-0.05, 0) is 55.1 Å². The number of anilines is 1. The molecule has 3 amide bonds. The van der Waals surface area contributed by atoms with E-state index in [4.69, 9.17) is 10.2 Å². The molecule has 0 aliphatic rings. The van der Waals surface area contributed by atoms with Gasteiger partial charge in [-0.25, -0.2) is 14.4 Å². The molecule has 0 spiro atoms. The van der Waals surface area contributed by atoms with Crippen LogP contribution in [0.3, 0.4) is 0 Å². The first-order valence-electron chi connectivity index (χ1n) is 10.3. The fourth-order valence-electron chi connectivity index (χ4n) is 2.96. The molecule has 35 heavy (non-hydrogen) atoms. The number of hydrogen-bond donors (Lipinski definition) is 6. The largest absolute Gasteiger partial charge is 0.481 e. The molecule has 6 N–H and O–H groups in total. The van der Waals surface area contributed by atoms with Crippen molar-refractivity contribution in [2.45, 2.75) is 31.3 Å². The standard InChI is InChI=1S/C23H24N4O8/c1-24-15-8-4-14(5-9-15)20(30)25-16-6-2-13(3-7-16)12-18(22(33)34)27-23(35)26-17(21(31)32)10-11-19(28)29/h2-9,17-18H,1,10-12H2,(H,25,30)(H,28,29)(H,31,32)(H,33,34)(H2,26,27,35)/t17-,18-/m0/s1. The van der Waals surface area contributed by atoms with Crippen molar-refractivity contribution in [3.63, 3.8) is 0 Å². The maximum Gasteiger partial charge on any atom is 0.326 e. The van der Waals surface area contributed by atoms with Gasteiger partial charge in [0.2, 0.25) is 0 Å². The van der Waals surface area contributed by atoms with Crippen LogP contribution in [0.2, 0.25) is 0 Å². The van der Waals surface area contributed by atoms with Crippen molar-refractivity contribution in [3.05, 3.63) is 59.7 Å². The minimum absolute atomic E-state index is 0.125. The Kier molecular flexibility index (Phi) is 9.46. The second-order valence-corrected chi connectivity index (χ2v) is 7.39. The van der Waals surface area contributed by atoms with E-state index in [1.807, 2.05) is 0 Å². The van der Waals surface area contributed by atoms with Crippen LogP contribution >= 0.6 is 0 Å². The summed E-state index contributed by atoms with van der Waals surface area (Å²) in [6.45, 7) is 3.40. The summed E-state index contributed by atoms with van der Waals surface area (Å²) in [6, 6.07) is 8.82. The summed E-state index contributed by atoms with van der Waals surface area (Å²) >= 11 is 0. The van der Waals surface area contributed by atoms with Crippen LogP contribution in [0.5, 0.6) is 0 Å². The SMILES string of the molecule is C=Nc1ccc(C(=O)Nc2ccc(C[C@H](NC(=O)N[C@@H](CCC(=O)O)C(=O)O)C(=O)O)cc2)cc1. The number of aliphatic imine (C=N–C) groups is 1. The molecule has 2 aromatic carbocycles. The molecule has 0 aliphatic carbocycles. The lowest BCUT2D eigenvalue weighted by Crippen LogP contribution is -2.51. The molecule has 0 saturated carbocycles. The normalized spacial score (nSPS) is 12.0. The number of aliphatic carboxylic acids is 3. The van der Waals surface area contributed by atoms with Crippen LogP contribution in [0, 0.1) is 0 Å². The number of carbonyl (C=O) groups is 5. The van der Waals surface area contributed by atoms with Gasteiger partial charge in [-0.2, -0.15) is 0 Å². The Labute approximate surface area is 199 Å². The molecule has 0 aliphatic heterocycles. The van der Waals surface area contributed by atoms with Crippen molar-refractivity contribution in [1.29, 1.82) is 0 Å². The van der Waals surface area contributed by atoms with Gasteiger partial charge in [-0.1, -0.05) is 12.1 Å². The molecule has 2 atom stereocenters. The highest BCUT2D eigenvalue weighted by atomic mass is 16.4. The first kappa shape index (κ1) is 26.5. The monoisotopic (exact) mass is 484 g/mol. The molecular formula is C23H24N4O8. The van der Waals surface area contributed by atoms with Gasteiger partial charge in [0.15, 0.2) is 0 Å². The second-order valence-electron chi connectivity index (χ2n) is 7.39. The van der Waals surface area contributed by atoms with Crippen molar-refractivity contribution >= 4 is 47.9 Å². The Bertz CT molecular complexity index is 1100. The van der Waals surface area contributed by atoms with E-state index >= 15 is 0 Å². The lowest BCUT2D eigenvalue weighted by molar-refractivity contribution is -0.140. The van der Waals surface area contributed by atoms with Gasteiger partial charge in [0.05, 0.1) is 5.69 Å². The predicted octanol–water partition coefficient (Wildman–Crippen LogP) is 1.88. The smallest absolute Gasteiger partial charge is 0.326 e. The molecule has 12 heteroatoms. The lowest BCUT2D eigenvalue weighted by Gasteiger charge is -2.18. The van der Waals surface area contributed by atoms with Crippen molar-refractivity contribution in [2.24, 2.45) is 4.99 Å². The third-order valence-corrected chi connectivity index (χ3v) is 4.82. The van der Waals surface area contributed by atoms with E-state index in [0.29, 0.717) is 22.5 Å². The van der Waals surface area contributed by atoms with E-state index in [0.717, 1.165) is 0 Å². The molecule has 0 heterocycles. The van der Waals surface area contributed by atoms with Crippen molar-refractivity contribution in [3.8, 4) is 0 Å². The summed E-state index contributed by atoms with van der Waals surface area (Å²) in [5.41, 5.74) is 2.02. The fraction of sp³-hybridized carbons (Fsp3) is 0.217. The minimum Gasteiger partial charge on any atom is -0.481 e. The Morgan fingerprint density at radius 1 is 0.829 bits per heavy atom. The zero-order valence-corrected chi connectivity index (χ0v) is 18.4. The Hall–Kier alpha value is -4.74. The van der Waals surface area contributed by atoms with Crippen LogP contribution in [-0.4, -0.2) is 64.0 Å². The average molecular weight is 484 g/mol. The number of amides is 3. The van der Waals surface area contributed by atoms with E-state index in [2.05, 4.69) is 27.7 Å². The number of hydrogen-bond acceptors (Lipinski definition) is 6. The van der Waals surface area contributed by atoms with Crippen LogP contribution in [0.15, 0.2) is 53.5 Å². The summed E-state index contributed by atoms with van der Waals surface area (Å²) in [5, 5.41) is 34.2. The summed E-state index contributed by atoms with van der Waals surface area (Å²) in [6.07, 6.45) is -0.974. The third kappa shape index (κ3) is 8.61. The number of rotatable bonds is 12. The molecule has 12 nitrogen and oxygen atoms in total. The van der Waals surface area contributed by atoms with E-state index in [1.54, 1.807) is 48.5 Å². The summed E-state index contributed by atoms with van der Waals surface area (Å²) in [5.74, 6) is -4.39. The van der Waals surface area contributed by atoms with Crippen molar-refractivity contribution in [2.75, 3.05) is 5.32 Å². The average Bonchev–Trinajstić information content (AvgIpc) is 2.82. The third-order valence-electron chi connectivity index (χ3n) is 4.82. The fourth-order valence-corrected chi connectivity index (χ4v) is 2.96. The van der Waals surface area contributed by atoms with Crippen LogP contribution in [0.25, 0.3) is 0 Å². The number of carboxylic acids is 3. The lowest BCUT2D eigenvalue weighted by atomic mass is 10.1. The molecule has 0 aromatic heterocycles. The summed E-state index contributed by atoms with van der Waals surface area (Å²) in [4.78, 5) is 61.6. The van der Waals surface area contributed by atoms with Crippen LogP contribution in [-0.2, 0) is 20.8 Å². The highest BCUT2D eigenvalue weighted by Crippen LogP contribution is 2.15. The number of benzene rings is 2. The van der Waals surface area contributed by atoms with Gasteiger partial charge >= 0.3 is 23.9 Å². The zero-order chi connectivity index (χ0) is 26.0. The molecule has 184 valence electrons. The molecule has 0 bridgehead atoms. The Morgan fingerprint density at radius 3 is 1.91 bits per heavy atom. The molecule has 2 aromatic rings. The van der Waals surface area contributed by atoms with Gasteiger partial charge in [0.25, 0.3) is 5.91 Å². The molecule has 2 rings (SSSR count). The topological polar surface area (TPSA) is 194 Å². The van der Waals surface area contributed by atoms with Crippen LogP contribution in [0.1, 0.15) is 28.8 Å². The molecule has 0 saturated heterocycles. The number of urea groups is 1. The van der Waals surface area contributed by atoms with Gasteiger partial charge in [0.1, 0.15) is 12.1 Å². The Morgan fingerprint density at radius 2 is 1.40 bits per heavy atom. The quantitative estimate of drug-likeness (QED) is 0.246. The highest BCUT2D eigenvalue weighted by Gasteiger charge is 2.25.